The molecule has 0 radical (unpaired) electrons. The number of rotatable bonds is 4. The van der Waals surface area contributed by atoms with Crippen LogP contribution in [0.3, 0.4) is 0 Å². The Balaban J connectivity index is 5.20. The Morgan fingerprint density at radius 3 is 1.33 bits per heavy atom. The van der Waals surface area contributed by atoms with Crippen LogP contribution in [-0.2, 0) is 0 Å². The van der Waals surface area contributed by atoms with Crippen LogP contribution in [-0.4, -0.2) is 0 Å². The van der Waals surface area contributed by atoms with Gasteiger partial charge in [0.05, 0.1) is 0 Å². The summed E-state index contributed by atoms with van der Waals surface area (Å²) in [6, 6.07) is 0. The molecule has 0 aromatic rings. The lowest BCUT2D eigenvalue weighted by Crippen LogP contribution is -2.43. The molecule has 0 rings (SSSR count). The normalized spacial score (nSPS) is 22.2. The molecule has 4 atom stereocenters. The fourth-order valence-electron chi connectivity index (χ4n) is 3.34. The van der Waals surface area contributed by atoms with E-state index in [0.717, 1.165) is 17.8 Å². The molecule has 0 spiro atoms. The van der Waals surface area contributed by atoms with Crippen LogP contribution < -0.4 is 0 Å². The Kier molecular flexibility index (Phi) is 5.55. The third-order valence-corrected chi connectivity index (χ3v) is 6.40. The van der Waals surface area contributed by atoms with Crippen LogP contribution in [0.4, 0.5) is 0 Å². The van der Waals surface area contributed by atoms with E-state index >= 15 is 0 Å². The predicted octanol–water partition coefficient (Wildman–Crippen LogP) is 6.40. The Bertz CT molecular complexity index is 250. The van der Waals surface area contributed by atoms with Gasteiger partial charge in [0.2, 0.25) is 0 Å². The average Bonchev–Trinajstić information content (AvgIpc) is 2.21. The van der Waals surface area contributed by atoms with Gasteiger partial charge in [0.15, 0.2) is 0 Å². The third-order valence-electron chi connectivity index (χ3n) is 6.40. The van der Waals surface area contributed by atoms with Gasteiger partial charge in [-0.05, 0) is 40.4 Å². The van der Waals surface area contributed by atoms with Crippen molar-refractivity contribution in [2.75, 3.05) is 0 Å². The van der Waals surface area contributed by atoms with Gasteiger partial charge in [-0.1, -0.05) is 76.2 Å². The molecule has 0 heterocycles. The van der Waals surface area contributed by atoms with Crippen molar-refractivity contribution < 1.29 is 0 Å². The third kappa shape index (κ3) is 3.52. The molecule has 0 N–H and O–H groups in total. The minimum Gasteiger partial charge on any atom is -0.0648 e. The monoisotopic (exact) mass is 254 g/mol. The van der Waals surface area contributed by atoms with Crippen LogP contribution in [0.5, 0.6) is 0 Å². The topological polar surface area (TPSA) is 0 Å². The van der Waals surface area contributed by atoms with Gasteiger partial charge in [-0.3, -0.25) is 0 Å². The van der Waals surface area contributed by atoms with Gasteiger partial charge in [0, 0.05) is 0 Å². The molecule has 110 valence electrons. The lowest BCUT2D eigenvalue weighted by Gasteiger charge is -2.51. The molecule has 0 aliphatic carbocycles. The van der Waals surface area contributed by atoms with E-state index in [4.69, 9.17) is 0 Å². The molecule has 0 amide bonds. The maximum Gasteiger partial charge on any atom is -0.0252 e. The average molecular weight is 255 g/mol. The Hall–Kier alpha value is 0. The van der Waals surface area contributed by atoms with Gasteiger partial charge < -0.3 is 0 Å². The fraction of sp³-hybridized carbons (Fsp3) is 1.00. The van der Waals surface area contributed by atoms with Gasteiger partial charge >= 0.3 is 0 Å². The zero-order chi connectivity index (χ0) is 14.9. The van der Waals surface area contributed by atoms with Crippen molar-refractivity contribution in [2.45, 2.75) is 82.6 Å². The molecule has 0 bridgehead atoms. The van der Waals surface area contributed by atoms with Crippen molar-refractivity contribution in [3.63, 3.8) is 0 Å². The van der Waals surface area contributed by atoms with E-state index in [1.807, 2.05) is 0 Å². The van der Waals surface area contributed by atoms with E-state index < -0.39 is 0 Å². The molecule has 0 fully saturated rings. The summed E-state index contributed by atoms with van der Waals surface area (Å²) in [5, 5.41) is 0. The van der Waals surface area contributed by atoms with E-state index in [2.05, 4.69) is 76.2 Å². The smallest absolute Gasteiger partial charge is 0.0252 e. The standard InChI is InChI=1S/C18H38/c1-12-18(11,17(8,9)10)15(4)13(2)14(3)16(5,6)7/h13-15H,12H2,1-11H3. The van der Waals surface area contributed by atoms with Crippen LogP contribution in [0.1, 0.15) is 82.6 Å². The van der Waals surface area contributed by atoms with Crippen molar-refractivity contribution in [2.24, 2.45) is 34.0 Å². The Labute approximate surface area is 117 Å². The maximum absolute atomic E-state index is 2.49. The summed E-state index contributed by atoms with van der Waals surface area (Å²) in [6.45, 7) is 26.6. The van der Waals surface area contributed by atoms with Crippen LogP contribution in [0.2, 0.25) is 0 Å². The lowest BCUT2D eigenvalue weighted by atomic mass is 9.54. The summed E-state index contributed by atoms with van der Waals surface area (Å²) in [5.41, 5.74) is 1.18. The van der Waals surface area contributed by atoms with E-state index in [1.54, 1.807) is 0 Å². The second-order valence-electron chi connectivity index (χ2n) is 8.82. The molecule has 0 saturated heterocycles. The van der Waals surface area contributed by atoms with Crippen molar-refractivity contribution in [1.29, 1.82) is 0 Å². The van der Waals surface area contributed by atoms with Gasteiger partial charge in [0.1, 0.15) is 0 Å². The predicted molar refractivity (Wildman–Crippen MR) is 84.8 cm³/mol. The highest BCUT2D eigenvalue weighted by Gasteiger charge is 2.44. The highest BCUT2D eigenvalue weighted by atomic mass is 14.5. The van der Waals surface area contributed by atoms with Crippen molar-refractivity contribution in [3.8, 4) is 0 Å². The molecule has 0 aliphatic heterocycles. The van der Waals surface area contributed by atoms with Crippen LogP contribution >= 0.6 is 0 Å². The number of hydrogen-bond donors (Lipinski definition) is 0. The molecule has 0 saturated carbocycles. The van der Waals surface area contributed by atoms with Gasteiger partial charge in [-0.2, -0.15) is 0 Å². The summed E-state index contributed by atoms with van der Waals surface area (Å²) in [7, 11) is 0. The first-order chi connectivity index (χ1) is 7.79. The van der Waals surface area contributed by atoms with Gasteiger partial charge in [0.25, 0.3) is 0 Å². The Morgan fingerprint density at radius 1 is 0.722 bits per heavy atom. The molecular formula is C18H38. The summed E-state index contributed by atoms with van der Waals surface area (Å²) in [6.07, 6.45) is 1.26. The van der Waals surface area contributed by atoms with E-state index in [-0.39, 0.29) is 0 Å². The van der Waals surface area contributed by atoms with Crippen LogP contribution in [0.15, 0.2) is 0 Å². The van der Waals surface area contributed by atoms with Gasteiger partial charge in [-0.25, -0.2) is 0 Å². The minimum absolute atomic E-state index is 0.368. The minimum atomic E-state index is 0.368. The van der Waals surface area contributed by atoms with Crippen LogP contribution in [0.25, 0.3) is 0 Å². The Morgan fingerprint density at radius 2 is 1.11 bits per heavy atom. The molecule has 0 aliphatic rings. The summed E-state index contributed by atoms with van der Waals surface area (Å²) < 4.78 is 0. The molecule has 4 unspecified atom stereocenters. The van der Waals surface area contributed by atoms with E-state index in [0.29, 0.717) is 16.2 Å². The van der Waals surface area contributed by atoms with Crippen LogP contribution in [0, 0.1) is 34.0 Å². The number of hydrogen-bond acceptors (Lipinski definition) is 0. The maximum atomic E-state index is 2.49. The summed E-state index contributed by atoms with van der Waals surface area (Å²) in [4.78, 5) is 0. The highest BCUT2D eigenvalue weighted by Crippen LogP contribution is 2.52. The van der Waals surface area contributed by atoms with E-state index in [9.17, 15) is 0 Å². The quantitative estimate of drug-likeness (QED) is 0.544. The molecule has 0 heteroatoms. The molecular weight excluding hydrogens is 216 g/mol. The SMILES string of the molecule is CCC(C)(C(C)C(C)C(C)C(C)(C)C)C(C)(C)C. The summed E-state index contributed by atoms with van der Waals surface area (Å²) >= 11 is 0. The largest absolute Gasteiger partial charge is 0.0648 e. The van der Waals surface area contributed by atoms with Crippen molar-refractivity contribution in [1.82, 2.24) is 0 Å². The van der Waals surface area contributed by atoms with Crippen molar-refractivity contribution in [3.05, 3.63) is 0 Å². The summed E-state index contributed by atoms with van der Waals surface area (Å²) in [5.74, 6) is 2.26. The second kappa shape index (κ2) is 5.55. The first kappa shape index (κ1) is 18.0. The highest BCUT2D eigenvalue weighted by molar-refractivity contribution is 4.93. The van der Waals surface area contributed by atoms with Gasteiger partial charge in [-0.15, -0.1) is 0 Å². The molecule has 18 heavy (non-hydrogen) atoms. The molecule has 0 aromatic heterocycles. The zero-order valence-corrected chi connectivity index (χ0v) is 14.9. The van der Waals surface area contributed by atoms with E-state index in [1.165, 1.54) is 6.42 Å². The first-order valence-electron chi connectivity index (χ1n) is 7.79. The second-order valence-corrected chi connectivity index (χ2v) is 8.82. The van der Waals surface area contributed by atoms with Crippen molar-refractivity contribution >= 4 is 0 Å². The zero-order valence-electron chi connectivity index (χ0n) is 14.9. The molecule has 0 nitrogen and oxygen atoms in total. The molecule has 0 aromatic carbocycles. The first-order valence-corrected chi connectivity index (χ1v) is 7.79. The lowest BCUT2D eigenvalue weighted by molar-refractivity contribution is -0.0170. The fourth-order valence-corrected chi connectivity index (χ4v) is 3.34.